The van der Waals surface area contributed by atoms with E-state index >= 15 is 0 Å². The van der Waals surface area contributed by atoms with Gasteiger partial charge in [-0.2, -0.15) is 5.26 Å². The van der Waals surface area contributed by atoms with Gasteiger partial charge in [-0.1, -0.05) is 17.7 Å². The van der Waals surface area contributed by atoms with Crippen molar-refractivity contribution in [1.29, 1.82) is 5.26 Å². The number of nitriles is 1. The highest BCUT2D eigenvalue weighted by molar-refractivity contribution is 6.30. The van der Waals surface area contributed by atoms with Gasteiger partial charge in [-0.15, -0.1) is 0 Å². The van der Waals surface area contributed by atoms with Gasteiger partial charge < -0.3 is 4.98 Å². The van der Waals surface area contributed by atoms with Crippen molar-refractivity contribution in [2.24, 2.45) is 4.99 Å². The fourth-order valence-corrected chi connectivity index (χ4v) is 3.04. The summed E-state index contributed by atoms with van der Waals surface area (Å²) in [6.45, 7) is 1.99. The lowest BCUT2D eigenvalue weighted by atomic mass is 10.0. The first kappa shape index (κ1) is 14.6. The Bertz CT molecular complexity index is 1030. The Kier molecular flexibility index (Phi) is 3.40. The molecule has 3 aromatic rings. The monoisotopic (exact) mass is 333 g/mol. The van der Waals surface area contributed by atoms with Crippen LogP contribution in [0.5, 0.6) is 0 Å². The molecule has 0 spiro atoms. The molecular weight excluding hydrogens is 322 g/mol. The average Bonchev–Trinajstić information content (AvgIpc) is 3.23. The summed E-state index contributed by atoms with van der Waals surface area (Å²) in [5.41, 5.74) is 6.34. The summed E-state index contributed by atoms with van der Waals surface area (Å²) in [4.78, 5) is 16.3. The summed E-state index contributed by atoms with van der Waals surface area (Å²) >= 11 is 6.13. The maximum atomic E-state index is 9.53. The average molecular weight is 334 g/mol. The summed E-state index contributed by atoms with van der Waals surface area (Å²) in [6.07, 6.45) is 4.05. The predicted molar refractivity (Wildman–Crippen MR) is 93.6 cm³/mol. The van der Waals surface area contributed by atoms with Crippen LogP contribution < -0.4 is 0 Å². The number of benzene rings is 1. The fraction of sp³-hybridized carbons (Fsp3) is 0.111. The van der Waals surface area contributed by atoms with Crippen LogP contribution in [0.1, 0.15) is 16.8 Å². The third-order valence-electron chi connectivity index (χ3n) is 4.07. The second-order valence-corrected chi connectivity index (χ2v) is 6.01. The number of H-pyrrole nitrogens is 1. The largest absolute Gasteiger partial charge is 0.352 e. The topological polar surface area (TPSA) is 77.7 Å². The molecule has 0 unspecified atom stereocenters. The molecule has 2 aromatic heterocycles. The lowest BCUT2D eigenvalue weighted by Crippen LogP contribution is -1.91. The van der Waals surface area contributed by atoms with E-state index in [-0.39, 0.29) is 0 Å². The highest BCUT2D eigenvalue weighted by Gasteiger charge is 2.19. The number of aryl methyl sites for hydroxylation is 1. The van der Waals surface area contributed by atoms with Gasteiger partial charge in [-0.3, -0.25) is 4.99 Å². The molecular formula is C18H12ClN5. The van der Waals surface area contributed by atoms with Crippen molar-refractivity contribution in [2.45, 2.75) is 13.3 Å². The third kappa shape index (κ3) is 2.29. The Morgan fingerprint density at radius 3 is 2.96 bits per heavy atom. The molecule has 0 amide bonds. The second kappa shape index (κ2) is 5.59. The standard InChI is InChI=1S/C18H12ClN5/c1-10-2-3-12(19)7-13(10)16-11(8-20)6-15(24-16)18-17-14(4-5-21-17)22-9-23-18/h2-3,5-7,9,24H,4H2,1H3. The van der Waals surface area contributed by atoms with E-state index in [0.717, 1.165) is 33.9 Å². The summed E-state index contributed by atoms with van der Waals surface area (Å²) in [5.74, 6) is 0. The van der Waals surface area contributed by atoms with E-state index in [0.29, 0.717) is 22.7 Å². The first-order valence-corrected chi connectivity index (χ1v) is 7.81. The third-order valence-corrected chi connectivity index (χ3v) is 4.30. The minimum Gasteiger partial charge on any atom is -0.352 e. The Morgan fingerprint density at radius 2 is 2.12 bits per heavy atom. The number of nitrogens with one attached hydrogen (secondary N) is 1. The molecule has 3 heterocycles. The summed E-state index contributed by atoms with van der Waals surface area (Å²) < 4.78 is 0. The second-order valence-electron chi connectivity index (χ2n) is 5.58. The molecule has 1 aliphatic rings. The first-order chi connectivity index (χ1) is 11.7. The lowest BCUT2D eigenvalue weighted by molar-refractivity contribution is 1.09. The highest BCUT2D eigenvalue weighted by Crippen LogP contribution is 2.36. The van der Waals surface area contributed by atoms with Crippen molar-refractivity contribution < 1.29 is 0 Å². The highest BCUT2D eigenvalue weighted by atomic mass is 35.5. The molecule has 1 N–H and O–H groups in total. The Balaban J connectivity index is 1.91. The van der Waals surface area contributed by atoms with Crippen molar-refractivity contribution in [3.8, 4) is 28.7 Å². The zero-order valence-electron chi connectivity index (χ0n) is 12.8. The molecule has 6 heteroatoms. The van der Waals surface area contributed by atoms with E-state index in [1.54, 1.807) is 6.07 Å². The van der Waals surface area contributed by atoms with E-state index in [2.05, 4.69) is 26.0 Å². The first-order valence-electron chi connectivity index (χ1n) is 7.44. The molecule has 0 aliphatic carbocycles. The predicted octanol–water partition coefficient (Wildman–Crippen LogP) is 4.23. The van der Waals surface area contributed by atoms with Crippen molar-refractivity contribution in [3.05, 3.63) is 52.4 Å². The maximum Gasteiger partial charge on any atom is 0.116 e. The number of halogens is 1. The molecule has 0 atom stereocenters. The number of aliphatic imine (C=N–C) groups is 1. The van der Waals surface area contributed by atoms with Gasteiger partial charge in [0.1, 0.15) is 23.8 Å². The van der Waals surface area contributed by atoms with Gasteiger partial charge in [0.15, 0.2) is 0 Å². The normalized spacial score (nSPS) is 12.2. The van der Waals surface area contributed by atoms with E-state index in [1.165, 1.54) is 6.33 Å². The van der Waals surface area contributed by atoms with Crippen molar-refractivity contribution in [2.75, 3.05) is 0 Å². The number of nitrogens with zero attached hydrogens (tertiary/aromatic N) is 4. The van der Waals surface area contributed by atoms with E-state index in [1.807, 2.05) is 31.3 Å². The zero-order valence-corrected chi connectivity index (χ0v) is 13.6. The van der Waals surface area contributed by atoms with Gasteiger partial charge in [-0.25, -0.2) is 9.97 Å². The van der Waals surface area contributed by atoms with Gasteiger partial charge in [0, 0.05) is 23.2 Å². The molecule has 0 bridgehead atoms. The summed E-state index contributed by atoms with van der Waals surface area (Å²) in [7, 11) is 0. The van der Waals surface area contributed by atoms with Crippen LogP contribution in [0.15, 0.2) is 35.6 Å². The summed E-state index contributed by atoms with van der Waals surface area (Å²) in [6, 6.07) is 9.67. The van der Waals surface area contributed by atoms with Gasteiger partial charge >= 0.3 is 0 Å². The minimum absolute atomic E-state index is 0.546. The fourth-order valence-electron chi connectivity index (χ4n) is 2.87. The van der Waals surface area contributed by atoms with E-state index in [9.17, 15) is 5.26 Å². The van der Waals surface area contributed by atoms with Crippen LogP contribution >= 0.6 is 11.6 Å². The number of aromatic nitrogens is 3. The van der Waals surface area contributed by atoms with E-state index in [4.69, 9.17) is 11.6 Å². The maximum absolute atomic E-state index is 9.53. The molecule has 0 radical (unpaired) electrons. The van der Waals surface area contributed by atoms with Crippen LogP contribution in [-0.4, -0.2) is 21.2 Å². The number of hydrogen-bond donors (Lipinski definition) is 1. The molecule has 0 saturated heterocycles. The van der Waals surface area contributed by atoms with Gasteiger partial charge in [0.05, 0.1) is 22.6 Å². The number of aromatic amines is 1. The van der Waals surface area contributed by atoms with Gasteiger partial charge in [0.2, 0.25) is 0 Å². The number of hydrogen-bond acceptors (Lipinski definition) is 4. The Morgan fingerprint density at radius 1 is 1.25 bits per heavy atom. The molecule has 116 valence electrons. The van der Waals surface area contributed by atoms with Gasteiger partial charge in [-0.05, 0) is 30.7 Å². The quantitative estimate of drug-likeness (QED) is 0.762. The Labute approximate surface area is 143 Å². The van der Waals surface area contributed by atoms with Crippen LogP contribution in [0.25, 0.3) is 22.6 Å². The molecule has 5 nitrogen and oxygen atoms in total. The minimum atomic E-state index is 0.546. The lowest BCUT2D eigenvalue weighted by Gasteiger charge is -2.06. The van der Waals surface area contributed by atoms with Crippen LogP contribution in [0.4, 0.5) is 5.69 Å². The van der Waals surface area contributed by atoms with Crippen LogP contribution in [0.2, 0.25) is 5.02 Å². The molecule has 0 fully saturated rings. The van der Waals surface area contributed by atoms with Crippen molar-refractivity contribution in [3.63, 3.8) is 0 Å². The van der Waals surface area contributed by atoms with Crippen molar-refractivity contribution >= 4 is 23.5 Å². The number of fused-ring (bicyclic) bond motifs is 1. The van der Waals surface area contributed by atoms with Crippen LogP contribution in [-0.2, 0) is 6.42 Å². The van der Waals surface area contributed by atoms with Crippen LogP contribution in [0.3, 0.4) is 0 Å². The SMILES string of the molecule is Cc1ccc(Cl)cc1-c1[nH]c(-c2ncnc3c2N=CC3)cc1C#N. The van der Waals surface area contributed by atoms with E-state index < -0.39 is 0 Å². The Hall–Kier alpha value is -2.97. The number of rotatable bonds is 2. The zero-order chi connectivity index (χ0) is 16.7. The molecule has 1 aliphatic heterocycles. The molecule has 1 aromatic carbocycles. The summed E-state index contributed by atoms with van der Waals surface area (Å²) in [5, 5.41) is 10.2. The van der Waals surface area contributed by atoms with Gasteiger partial charge in [0.25, 0.3) is 0 Å². The molecule has 24 heavy (non-hydrogen) atoms. The van der Waals surface area contributed by atoms with Crippen LogP contribution in [0, 0.1) is 18.3 Å². The van der Waals surface area contributed by atoms with Crippen molar-refractivity contribution in [1.82, 2.24) is 15.0 Å². The molecule has 4 rings (SSSR count). The molecule has 0 saturated carbocycles. The smallest absolute Gasteiger partial charge is 0.116 e.